The van der Waals surface area contributed by atoms with Crippen molar-refractivity contribution >= 4 is 17.3 Å². The van der Waals surface area contributed by atoms with Crippen LogP contribution >= 0.6 is 11.6 Å². The van der Waals surface area contributed by atoms with Crippen LogP contribution < -0.4 is 5.32 Å². The van der Waals surface area contributed by atoms with Crippen LogP contribution in [0.2, 0.25) is 5.02 Å². The molecule has 1 N–H and O–H groups in total. The van der Waals surface area contributed by atoms with Crippen molar-refractivity contribution in [2.75, 3.05) is 5.32 Å². The molecule has 1 unspecified atom stereocenters. The zero-order chi connectivity index (χ0) is 11.8. The van der Waals surface area contributed by atoms with Crippen LogP contribution in [0.15, 0.2) is 18.2 Å². The molecule has 0 spiro atoms. The van der Waals surface area contributed by atoms with E-state index in [1.165, 1.54) is 24.8 Å². The molecule has 0 aliphatic heterocycles. The minimum Gasteiger partial charge on any atom is -0.381 e. The van der Waals surface area contributed by atoms with Crippen LogP contribution in [0, 0.1) is 12.3 Å². The lowest BCUT2D eigenvalue weighted by Gasteiger charge is -2.19. The quantitative estimate of drug-likeness (QED) is 0.790. The molecule has 1 atom stereocenters. The van der Waals surface area contributed by atoms with Crippen molar-refractivity contribution in [1.82, 2.24) is 0 Å². The van der Waals surface area contributed by atoms with Gasteiger partial charge in [0.05, 0.1) is 10.7 Å². The van der Waals surface area contributed by atoms with E-state index in [9.17, 15) is 0 Å². The maximum Gasteiger partial charge on any atom is 0.0640 e. The van der Waals surface area contributed by atoms with Crippen LogP contribution in [0.3, 0.4) is 0 Å². The highest BCUT2D eigenvalue weighted by molar-refractivity contribution is 6.33. The fourth-order valence-electron chi connectivity index (χ4n) is 2.52. The fourth-order valence-corrected chi connectivity index (χ4v) is 2.81. The molecular weight excluding hydrogens is 218 g/mol. The predicted molar refractivity (Wildman–Crippen MR) is 71.2 cm³/mol. The monoisotopic (exact) mass is 237 g/mol. The average molecular weight is 238 g/mol. The third kappa shape index (κ3) is 2.70. The number of halogens is 1. The van der Waals surface area contributed by atoms with Gasteiger partial charge in [0, 0.05) is 6.04 Å². The highest BCUT2D eigenvalue weighted by Gasteiger charge is 2.30. The van der Waals surface area contributed by atoms with Crippen molar-refractivity contribution in [3.8, 4) is 0 Å². The number of rotatable bonds is 2. The average Bonchev–Trinajstić information content (AvgIpc) is 2.51. The Morgan fingerprint density at radius 1 is 1.38 bits per heavy atom. The SMILES string of the molecule is Cc1ccc(NC2CCC(C)(C)C2)c(Cl)c1. The van der Waals surface area contributed by atoms with Crippen LogP contribution in [-0.2, 0) is 0 Å². The molecule has 88 valence electrons. The Morgan fingerprint density at radius 2 is 2.12 bits per heavy atom. The van der Waals surface area contributed by atoms with Crippen molar-refractivity contribution in [1.29, 1.82) is 0 Å². The predicted octanol–water partition coefficient (Wildman–Crippen LogP) is 4.64. The third-order valence-corrected chi connectivity index (χ3v) is 3.77. The van der Waals surface area contributed by atoms with Gasteiger partial charge in [-0.3, -0.25) is 0 Å². The van der Waals surface area contributed by atoms with Gasteiger partial charge in [-0.25, -0.2) is 0 Å². The molecule has 2 heteroatoms. The maximum atomic E-state index is 6.22. The molecule has 0 bridgehead atoms. The van der Waals surface area contributed by atoms with E-state index in [1.54, 1.807) is 0 Å². The van der Waals surface area contributed by atoms with Crippen LogP contribution in [0.25, 0.3) is 0 Å². The molecule has 0 radical (unpaired) electrons. The van der Waals surface area contributed by atoms with Gasteiger partial charge in [-0.05, 0) is 49.3 Å². The van der Waals surface area contributed by atoms with E-state index in [2.05, 4.69) is 38.2 Å². The minimum atomic E-state index is 0.481. The highest BCUT2D eigenvalue weighted by atomic mass is 35.5. The summed E-state index contributed by atoms with van der Waals surface area (Å²) in [6.45, 7) is 6.74. The van der Waals surface area contributed by atoms with Gasteiger partial charge >= 0.3 is 0 Å². The van der Waals surface area contributed by atoms with E-state index in [0.29, 0.717) is 11.5 Å². The standard InChI is InChI=1S/C14H20ClN/c1-10-4-5-13(12(15)8-10)16-11-6-7-14(2,3)9-11/h4-5,8,11,16H,6-7,9H2,1-3H3. The topological polar surface area (TPSA) is 12.0 Å². The summed E-state index contributed by atoms with van der Waals surface area (Å²) in [7, 11) is 0. The molecule has 0 amide bonds. The second kappa shape index (κ2) is 4.29. The Kier molecular flexibility index (Phi) is 3.16. The van der Waals surface area contributed by atoms with Gasteiger partial charge in [0.2, 0.25) is 0 Å². The highest BCUT2D eigenvalue weighted by Crippen LogP contribution is 2.39. The second-order valence-corrected chi connectivity index (χ2v) is 6.14. The number of hydrogen-bond donors (Lipinski definition) is 1. The number of hydrogen-bond acceptors (Lipinski definition) is 1. The van der Waals surface area contributed by atoms with Gasteiger partial charge in [0.1, 0.15) is 0 Å². The van der Waals surface area contributed by atoms with Crippen molar-refractivity contribution in [3.63, 3.8) is 0 Å². The fraction of sp³-hybridized carbons (Fsp3) is 0.571. The molecule has 1 nitrogen and oxygen atoms in total. The molecule has 1 aromatic rings. The van der Waals surface area contributed by atoms with Crippen LogP contribution in [0.5, 0.6) is 0 Å². The Hall–Kier alpha value is -0.690. The van der Waals surface area contributed by atoms with Crippen LogP contribution in [0.1, 0.15) is 38.7 Å². The molecular formula is C14H20ClN. The van der Waals surface area contributed by atoms with Gasteiger partial charge in [-0.1, -0.05) is 31.5 Å². The number of aryl methyl sites for hydroxylation is 1. The lowest BCUT2D eigenvalue weighted by atomic mass is 9.92. The molecule has 0 saturated heterocycles. The molecule has 1 fully saturated rings. The van der Waals surface area contributed by atoms with Gasteiger partial charge < -0.3 is 5.32 Å². The Morgan fingerprint density at radius 3 is 2.69 bits per heavy atom. The Labute approximate surface area is 103 Å². The van der Waals surface area contributed by atoms with Crippen molar-refractivity contribution in [2.45, 2.75) is 46.1 Å². The normalized spacial score (nSPS) is 23.4. The Bertz CT molecular complexity index is 384. The van der Waals surface area contributed by atoms with Gasteiger partial charge in [-0.2, -0.15) is 0 Å². The second-order valence-electron chi connectivity index (χ2n) is 5.73. The Balaban J connectivity index is 2.05. The first kappa shape index (κ1) is 11.8. The van der Waals surface area contributed by atoms with Gasteiger partial charge in [-0.15, -0.1) is 0 Å². The van der Waals surface area contributed by atoms with Crippen molar-refractivity contribution in [2.24, 2.45) is 5.41 Å². The molecule has 1 aliphatic rings. The summed E-state index contributed by atoms with van der Waals surface area (Å²) in [5.74, 6) is 0. The molecule has 1 aliphatic carbocycles. The zero-order valence-electron chi connectivity index (χ0n) is 10.3. The number of benzene rings is 1. The molecule has 0 heterocycles. The van der Waals surface area contributed by atoms with Gasteiger partial charge in [0.15, 0.2) is 0 Å². The summed E-state index contributed by atoms with van der Waals surface area (Å²) < 4.78 is 0. The summed E-state index contributed by atoms with van der Waals surface area (Å²) in [5.41, 5.74) is 2.77. The van der Waals surface area contributed by atoms with E-state index < -0.39 is 0 Å². The van der Waals surface area contributed by atoms with Crippen LogP contribution in [-0.4, -0.2) is 6.04 Å². The maximum absolute atomic E-state index is 6.22. The first-order valence-electron chi connectivity index (χ1n) is 5.99. The van der Waals surface area contributed by atoms with E-state index in [-0.39, 0.29) is 0 Å². The van der Waals surface area contributed by atoms with Crippen molar-refractivity contribution < 1.29 is 0 Å². The largest absolute Gasteiger partial charge is 0.381 e. The lowest BCUT2D eigenvalue weighted by molar-refractivity contribution is 0.378. The first-order valence-corrected chi connectivity index (χ1v) is 6.37. The smallest absolute Gasteiger partial charge is 0.0640 e. The lowest BCUT2D eigenvalue weighted by Crippen LogP contribution is -2.17. The zero-order valence-corrected chi connectivity index (χ0v) is 11.1. The van der Waals surface area contributed by atoms with E-state index >= 15 is 0 Å². The van der Waals surface area contributed by atoms with Crippen LogP contribution in [0.4, 0.5) is 5.69 Å². The summed E-state index contributed by atoms with van der Waals surface area (Å²) in [4.78, 5) is 0. The summed E-state index contributed by atoms with van der Waals surface area (Å²) in [6, 6.07) is 6.79. The van der Waals surface area contributed by atoms with Gasteiger partial charge in [0.25, 0.3) is 0 Å². The molecule has 1 saturated carbocycles. The number of nitrogens with one attached hydrogen (secondary N) is 1. The third-order valence-electron chi connectivity index (χ3n) is 3.45. The molecule has 2 rings (SSSR count). The first-order chi connectivity index (χ1) is 7.46. The molecule has 1 aromatic carbocycles. The summed E-state index contributed by atoms with van der Waals surface area (Å²) in [6.07, 6.45) is 3.78. The van der Waals surface area contributed by atoms with Crippen molar-refractivity contribution in [3.05, 3.63) is 28.8 Å². The summed E-state index contributed by atoms with van der Waals surface area (Å²) >= 11 is 6.22. The van der Waals surface area contributed by atoms with E-state index in [0.717, 1.165) is 10.7 Å². The molecule has 0 aromatic heterocycles. The number of anilines is 1. The molecule has 16 heavy (non-hydrogen) atoms. The minimum absolute atomic E-state index is 0.481. The van der Waals surface area contributed by atoms with E-state index in [4.69, 9.17) is 11.6 Å². The van der Waals surface area contributed by atoms with E-state index in [1.807, 2.05) is 6.07 Å². The summed E-state index contributed by atoms with van der Waals surface area (Å²) in [5, 5.41) is 4.40.